The number of rotatable bonds is 3. The van der Waals surface area contributed by atoms with Gasteiger partial charge in [0.05, 0.1) is 10.1 Å². The largest absolute Gasteiger partial charge is 0.390 e. The molecule has 2 unspecified atom stereocenters. The molecule has 3 rings (SSSR count). The first-order valence-corrected chi connectivity index (χ1v) is 8.01. The van der Waals surface area contributed by atoms with Crippen molar-refractivity contribution in [3.63, 3.8) is 0 Å². The minimum Gasteiger partial charge on any atom is -0.390 e. The summed E-state index contributed by atoms with van der Waals surface area (Å²) in [6.45, 7) is 0. The second-order valence-corrected chi connectivity index (χ2v) is 7.20. The van der Waals surface area contributed by atoms with Crippen LogP contribution in [0.25, 0.3) is 0 Å². The molecular weight excluding hydrogens is 307 g/mol. The van der Waals surface area contributed by atoms with Crippen molar-refractivity contribution in [2.24, 2.45) is 11.8 Å². The summed E-state index contributed by atoms with van der Waals surface area (Å²) in [7, 11) is 0. The number of aliphatic hydroxyl groups is 1. The number of hydrogen-bond donors (Lipinski definition) is 1. The fraction of sp³-hybridized carbons (Fsp3) is 0.625. The zero-order valence-electron chi connectivity index (χ0n) is 11.0. The molecule has 19 heavy (non-hydrogen) atoms. The molecule has 2 aliphatic rings. The van der Waals surface area contributed by atoms with E-state index in [9.17, 15) is 9.50 Å². The van der Waals surface area contributed by atoms with E-state index in [-0.39, 0.29) is 5.82 Å². The second kappa shape index (κ2) is 5.17. The van der Waals surface area contributed by atoms with Crippen LogP contribution in [0.2, 0.25) is 0 Å². The van der Waals surface area contributed by atoms with Gasteiger partial charge in [0, 0.05) is 6.42 Å². The molecule has 0 heterocycles. The summed E-state index contributed by atoms with van der Waals surface area (Å²) >= 11 is 3.22. The van der Waals surface area contributed by atoms with Crippen LogP contribution in [-0.4, -0.2) is 10.7 Å². The Kier molecular flexibility index (Phi) is 3.69. The van der Waals surface area contributed by atoms with Gasteiger partial charge < -0.3 is 5.11 Å². The maximum absolute atomic E-state index is 13.2. The lowest BCUT2D eigenvalue weighted by atomic mass is 9.73. The van der Waals surface area contributed by atoms with Gasteiger partial charge in [-0.3, -0.25) is 0 Å². The molecule has 104 valence electrons. The van der Waals surface area contributed by atoms with E-state index in [0.717, 1.165) is 30.7 Å². The van der Waals surface area contributed by atoms with Crippen molar-refractivity contribution in [3.05, 3.63) is 34.1 Å². The lowest BCUT2D eigenvalue weighted by Crippen LogP contribution is -2.38. The molecule has 2 fully saturated rings. The second-order valence-electron chi connectivity index (χ2n) is 6.34. The Morgan fingerprint density at radius 1 is 1.26 bits per heavy atom. The van der Waals surface area contributed by atoms with Gasteiger partial charge in [0.15, 0.2) is 0 Å². The maximum Gasteiger partial charge on any atom is 0.137 e. The third-order valence-corrected chi connectivity index (χ3v) is 5.27. The molecule has 1 aromatic rings. The molecule has 2 saturated carbocycles. The lowest BCUT2D eigenvalue weighted by molar-refractivity contribution is -0.0195. The van der Waals surface area contributed by atoms with Crippen LogP contribution in [0.15, 0.2) is 22.7 Å². The molecule has 2 atom stereocenters. The average Bonchev–Trinajstić information content (AvgIpc) is 3.18. The van der Waals surface area contributed by atoms with Crippen molar-refractivity contribution in [2.75, 3.05) is 0 Å². The van der Waals surface area contributed by atoms with Gasteiger partial charge in [-0.05, 0) is 77.6 Å². The first-order valence-electron chi connectivity index (χ1n) is 7.22. The summed E-state index contributed by atoms with van der Waals surface area (Å²) in [4.78, 5) is 0. The van der Waals surface area contributed by atoms with Crippen molar-refractivity contribution in [1.29, 1.82) is 0 Å². The number of hydrogen-bond acceptors (Lipinski definition) is 1. The Morgan fingerprint density at radius 3 is 2.74 bits per heavy atom. The van der Waals surface area contributed by atoms with Gasteiger partial charge in [-0.15, -0.1) is 0 Å². The third-order valence-electron chi connectivity index (χ3n) is 4.67. The van der Waals surface area contributed by atoms with Crippen LogP contribution < -0.4 is 0 Å². The molecule has 0 amide bonds. The summed E-state index contributed by atoms with van der Waals surface area (Å²) in [5.41, 5.74) is 0.440. The normalized spacial score (nSPS) is 31.4. The quantitative estimate of drug-likeness (QED) is 0.869. The molecule has 0 aliphatic heterocycles. The smallest absolute Gasteiger partial charge is 0.137 e. The van der Waals surface area contributed by atoms with Crippen molar-refractivity contribution in [2.45, 2.75) is 50.5 Å². The minimum absolute atomic E-state index is 0.241. The molecule has 1 N–H and O–H groups in total. The zero-order valence-corrected chi connectivity index (χ0v) is 12.6. The Bertz CT molecular complexity index is 472. The zero-order chi connectivity index (χ0) is 13.5. The van der Waals surface area contributed by atoms with Crippen molar-refractivity contribution in [3.8, 4) is 0 Å². The van der Waals surface area contributed by atoms with Gasteiger partial charge in [0.1, 0.15) is 5.82 Å². The first kappa shape index (κ1) is 13.6. The Labute approximate surface area is 122 Å². The SMILES string of the molecule is OC1(Cc2ccc(F)c(Br)c2)CCCC(C2CC2)C1. The van der Waals surface area contributed by atoms with Gasteiger partial charge in [0.25, 0.3) is 0 Å². The molecule has 0 aromatic heterocycles. The highest BCUT2D eigenvalue weighted by molar-refractivity contribution is 9.10. The number of benzene rings is 1. The summed E-state index contributed by atoms with van der Waals surface area (Å²) in [5.74, 6) is 1.34. The molecule has 3 heteroatoms. The standard InChI is InChI=1S/C16H20BrFO/c17-14-8-11(3-6-15(14)18)9-16(19)7-1-2-13(10-16)12-4-5-12/h3,6,8,12-13,19H,1-2,4-5,7,9-10H2. The first-order chi connectivity index (χ1) is 9.06. The van der Waals surface area contributed by atoms with E-state index < -0.39 is 5.60 Å². The van der Waals surface area contributed by atoms with Gasteiger partial charge in [-0.2, -0.15) is 0 Å². The van der Waals surface area contributed by atoms with E-state index in [1.807, 2.05) is 0 Å². The van der Waals surface area contributed by atoms with E-state index in [2.05, 4.69) is 15.9 Å². The van der Waals surface area contributed by atoms with Crippen LogP contribution in [0.4, 0.5) is 4.39 Å². The maximum atomic E-state index is 13.2. The molecule has 0 spiro atoms. The summed E-state index contributed by atoms with van der Waals surface area (Å²) in [6.07, 6.45) is 7.55. The fourth-order valence-corrected chi connectivity index (χ4v) is 3.97. The highest BCUT2D eigenvalue weighted by atomic mass is 79.9. The van der Waals surface area contributed by atoms with Crippen LogP contribution in [0.3, 0.4) is 0 Å². The summed E-state index contributed by atoms with van der Waals surface area (Å²) in [6, 6.07) is 5.07. The fourth-order valence-electron chi connectivity index (χ4n) is 3.55. The van der Waals surface area contributed by atoms with E-state index >= 15 is 0 Å². The molecule has 0 saturated heterocycles. The monoisotopic (exact) mass is 326 g/mol. The minimum atomic E-state index is -0.581. The highest BCUT2D eigenvalue weighted by Gasteiger charge is 2.40. The lowest BCUT2D eigenvalue weighted by Gasteiger charge is -2.37. The van der Waals surface area contributed by atoms with Gasteiger partial charge in [-0.1, -0.05) is 12.5 Å². The van der Waals surface area contributed by atoms with E-state index in [0.29, 0.717) is 16.8 Å². The topological polar surface area (TPSA) is 20.2 Å². The molecule has 0 bridgehead atoms. The van der Waals surface area contributed by atoms with Gasteiger partial charge in [0.2, 0.25) is 0 Å². The van der Waals surface area contributed by atoms with Crippen LogP contribution >= 0.6 is 15.9 Å². The number of halogens is 2. The van der Waals surface area contributed by atoms with E-state index in [1.54, 1.807) is 12.1 Å². The molecule has 1 nitrogen and oxygen atoms in total. The van der Waals surface area contributed by atoms with Gasteiger partial charge >= 0.3 is 0 Å². The van der Waals surface area contributed by atoms with Crippen LogP contribution in [0.5, 0.6) is 0 Å². The summed E-state index contributed by atoms with van der Waals surface area (Å²) in [5, 5.41) is 10.8. The van der Waals surface area contributed by atoms with Crippen molar-refractivity contribution >= 4 is 15.9 Å². The van der Waals surface area contributed by atoms with Crippen LogP contribution in [-0.2, 0) is 6.42 Å². The van der Waals surface area contributed by atoms with Crippen LogP contribution in [0.1, 0.15) is 44.1 Å². The van der Waals surface area contributed by atoms with Crippen molar-refractivity contribution < 1.29 is 9.50 Å². The molecule has 1 aromatic carbocycles. The van der Waals surface area contributed by atoms with Gasteiger partial charge in [-0.25, -0.2) is 4.39 Å². The van der Waals surface area contributed by atoms with Crippen molar-refractivity contribution in [1.82, 2.24) is 0 Å². The van der Waals surface area contributed by atoms with E-state index in [1.165, 1.54) is 25.3 Å². The third kappa shape index (κ3) is 3.19. The molecule has 0 radical (unpaired) electrons. The van der Waals surface area contributed by atoms with E-state index in [4.69, 9.17) is 0 Å². The average molecular weight is 327 g/mol. The Morgan fingerprint density at radius 2 is 2.05 bits per heavy atom. The molecular formula is C16H20BrFO. The Hall–Kier alpha value is -0.410. The predicted octanol–water partition coefficient (Wildman–Crippen LogP) is 4.46. The molecule has 2 aliphatic carbocycles. The summed E-state index contributed by atoms with van der Waals surface area (Å²) < 4.78 is 13.7. The predicted molar refractivity (Wildman–Crippen MR) is 77.4 cm³/mol. The Balaban J connectivity index is 1.71. The highest BCUT2D eigenvalue weighted by Crippen LogP contribution is 2.47. The van der Waals surface area contributed by atoms with Crippen LogP contribution in [0, 0.1) is 17.7 Å².